The van der Waals surface area contributed by atoms with E-state index in [9.17, 15) is 9.67 Å². The number of benzene rings is 2. The van der Waals surface area contributed by atoms with E-state index in [-0.39, 0.29) is 13.2 Å². The molecular formula is C17H21O4P. The molecule has 22 heavy (non-hydrogen) atoms. The van der Waals surface area contributed by atoms with Gasteiger partial charge in [0.05, 0.1) is 13.2 Å². The molecule has 1 atom stereocenters. The Bertz CT molecular complexity index is 615. The summed E-state index contributed by atoms with van der Waals surface area (Å²) in [6, 6.07) is 17.2. The van der Waals surface area contributed by atoms with Gasteiger partial charge in [-0.15, -0.1) is 0 Å². The van der Waals surface area contributed by atoms with Crippen LogP contribution in [0.15, 0.2) is 54.6 Å². The van der Waals surface area contributed by atoms with Gasteiger partial charge in [-0.3, -0.25) is 4.57 Å². The fraction of sp³-hybridized carbons (Fsp3) is 0.294. The summed E-state index contributed by atoms with van der Waals surface area (Å²) in [6.45, 7) is 3.88. The van der Waals surface area contributed by atoms with Gasteiger partial charge in [0.15, 0.2) is 5.85 Å². The molecule has 0 saturated carbocycles. The van der Waals surface area contributed by atoms with Crippen molar-refractivity contribution in [1.29, 1.82) is 0 Å². The molecule has 0 heterocycles. The average molecular weight is 320 g/mol. The van der Waals surface area contributed by atoms with Crippen LogP contribution in [0.5, 0.6) is 0 Å². The molecule has 4 nitrogen and oxygen atoms in total. The fourth-order valence-corrected chi connectivity index (χ4v) is 3.81. The van der Waals surface area contributed by atoms with E-state index in [2.05, 4.69) is 0 Å². The lowest BCUT2D eigenvalue weighted by Crippen LogP contribution is -2.06. The second-order valence-corrected chi connectivity index (χ2v) is 6.82. The molecular weight excluding hydrogens is 299 g/mol. The Kier molecular flexibility index (Phi) is 5.92. The lowest BCUT2D eigenvalue weighted by Gasteiger charge is -2.22. The van der Waals surface area contributed by atoms with Gasteiger partial charge in [0.2, 0.25) is 0 Å². The smallest absolute Gasteiger partial charge is 0.363 e. The second kappa shape index (κ2) is 7.70. The third kappa shape index (κ3) is 3.84. The topological polar surface area (TPSA) is 55.8 Å². The Morgan fingerprint density at radius 2 is 1.41 bits per heavy atom. The van der Waals surface area contributed by atoms with E-state index < -0.39 is 13.4 Å². The van der Waals surface area contributed by atoms with E-state index in [0.29, 0.717) is 5.56 Å². The SMILES string of the molecule is CCOP(=O)(OCC)C(O)c1ccc(-c2ccccc2)cc1. The molecule has 2 aromatic carbocycles. The molecule has 0 saturated heterocycles. The van der Waals surface area contributed by atoms with Crippen molar-refractivity contribution in [2.24, 2.45) is 0 Å². The third-order valence-corrected chi connectivity index (χ3v) is 5.37. The summed E-state index contributed by atoms with van der Waals surface area (Å²) in [5.74, 6) is -1.28. The van der Waals surface area contributed by atoms with Crippen molar-refractivity contribution in [2.75, 3.05) is 13.2 Å². The van der Waals surface area contributed by atoms with Gasteiger partial charge in [-0.25, -0.2) is 0 Å². The molecule has 0 aliphatic heterocycles. The van der Waals surface area contributed by atoms with E-state index in [0.717, 1.165) is 11.1 Å². The minimum atomic E-state index is -3.56. The van der Waals surface area contributed by atoms with Gasteiger partial charge < -0.3 is 14.2 Å². The van der Waals surface area contributed by atoms with Crippen LogP contribution in [0.4, 0.5) is 0 Å². The Hall–Kier alpha value is -1.45. The number of hydrogen-bond acceptors (Lipinski definition) is 4. The predicted molar refractivity (Wildman–Crippen MR) is 87.7 cm³/mol. The first-order chi connectivity index (χ1) is 10.6. The van der Waals surface area contributed by atoms with Gasteiger partial charge in [-0.1, -0.05) is 54.6 Å². The molecule has 118 valence electrons. The maximum absolute atomic E-state index is 12.6. The third-order valence-electron chi connectivity index (χ3n) is 3.23. The molecule has 0 fully saturated rings. The van der Waals surface area contributed by atoms with Gasteiger partial charge in [-0.05, 0) is 30.5 Å². The van der Waals surface area contributed by atoms with Crippen LogP contribution in [0.3, 0.4) is 0 Å². The molecule has 0 amide bonds. The van der Waals surface area contributed by atoms with Crippen molar-refractivity contribution in [3.8, 4) is 11.1 Å². The maximum atomic E-state index is 12.6. The van der Waals surface area contributed by atoms with E-state index in [1.54, 1.807) is 26.0 Å². The standard InChI is InChI=1S/C17H21O4P/c1-3-20-22(19,21-4-2)17(18)16-12-10-15(11-13-16)14-8-6-5-7-9-14/h5-13,17-18H,3-4H2,1-2H3. The molecule has 5 heteroatoms. The van der Waals surface area contributed by atoms with Crippen LogP contribution in [-0.4, -0.2) is 18.3 Å². The zero-order valence-corrected chi connectivity index (χ0v) is 13.7. The predicted octanol–water partition coefficient (Wildman–Crippen LogP) is 4.61. The molecule has 0 aliphatic carbocycles. The van der Waals surface area contributed by atoms with Crippen molar-refractivity contribution in [2.45, 2.75) is 19.7 Å². The quantitative estimate of drug-likeness (QED) is 0.757. The molecule has 0 spiro atoms. The summed E-state index contributed by atoms with van der Waals surface area (Å²) >= 11 is 0. The zero-order valence-electron chi connectivity index (χ0n) is 12.8. The number of aliphatic hydroxyl groups is 1. The molecule has 0 aromatic heterocycles. The first-order valence-corrected chi connectivity index (χ1v) is 8.94. The highest BCUT2D eigenvalue weighted by atomic mass is 31.2. The Morgan fingerprint density at radius 1 is 0.909 bits per heavy atom. The Balaban J connectivity index is 2.24. The van der Waals surface area contributed by atoms with Crippen molar-refractivity contribution in [3.05, 3.63) is 60.2 Å². The fourth-order valence-electron chi connectivity index (χ4n) is 2.20. The lowest BCUT2D eigenvalue weighted by atomic mass is 10.0. The monoisotopic (exact) mass is 320 g/mol. The zero-order chi connectivity index (χ0) is 16.0. The van der Waals surface area contributed by atoms with Crippen LogP contribution >= 0.6 is 7.60 Å². The minimum absolute atomic E-state index is 0.219. The van der Waals surface area contributed by atoms with Crippen LogP contribution in [0.1, 0.15) is 25.3 Å². The van der Waals surface area contributed by atoms with Crippen molar-refractivity contribution >= 4 is 7.60 Å². The number of aliphatic hydroxyl groups excluding tert-OH is 1. The summed E-state index contributed by atoms with van der Waals surface area (Å²) in [5.41, 5.74) is 2.63. The molecule has 0 radical (unpaired) electrons. The molecule has 1 N–H and O–H groups in total. The van der Waals surface area contributed by atoms with Crippen LogP contribution in [0.25, 0.3) is 11.1 Å². The van der Waals surface area contributed by atoms with Crippen molar-refractivity contribution in [3.63, 3.8) is 0 Å². The summed E-state index contributed by atoms with van der Waals surface area (Å²) < 4.78 is 22.9. The first kappa shape index (κ1) is 16.9. The van der Waals surface area contributed by atoms with Gasteiger partial charge in [0.1, 0.15) is 0 Å². The maximum Gasteiger partial charge on any atom is 0.363 e. The Labute approximate surface area is 131 Å². The highest BCUT2D eigenvalue weighted by Crippen LogP contribution is 2.59. The summed E-state index contributed by atoms with van der Waals surface area (Å²) in [4.78, 5) is 0. The summed E-state index contributed by atoms with van der Waals surface area (Å²) in [5, 5.41) is 10.4. The van der Waals surface area contributed by atoms with E-state index in [1.807, 2.05) is 42.5 Å². The number of hydrogen-bond donors (Lipinski definition) is 1. The second-order valence-electron chi connectivity index (χ2n) is 4.74. The highest BCUT2D eigenvalue weighted by Gasteiger charge is 2.35. The van der Waals surface area contributed by atoms with Crippen LogP contribution in [0.2, 0.25) is 0 Å². The summed E-state index contributed by atoms with van der Waals surface area (Å²) in [6.07, 6.45) is 0. The van der Waals surface area contributed by atoms with Gasteiger partial charge in [0.25, 0.3) is 0 Å². The van der Waals surface area contributed by atoms with Gasteiger partial charge in [-0.2, -0.15) is 0 Å². The molecule has 0 bridgehead atoms. The summed E-state index contributed by atoms with van der Waals surface area (Å²) in [7, 11) is -3.56. The Morgan fingerprint density at radius 3 is 1.91 bits per heavy atom. The van der Waals surface area contributed by atoms with Crippen molar-refractivity contribution < 1.29 is 18.7 Å². The largest absolute Gasteiger partial charge is 0.376 e. The molecule has 2 aromatic rings. The van der Waals surface area contributed by atoms with Crippen LogP contribution < -0.4 is 0 Å². The van der Waals surface area contributed by atoms with Crippen molar-refractivity contribution in [1.82, 2.24) is 0 Å². The van der Waals surface area contributed by atoms with Crippen LogP contribution in [0, 0.1) is 0 Å². The molecule has 0 aliphatic rings. The van der Waals surface area contributed by atoms with Crippen LogP contribution in [-0.2, 0) is 13.6 Å². The minimum Gasteiger partial charge on any atom is -0.376 e. The van der Waals surface area contributed by atoms with Gasteiger partial charge in [0, 0.05) is 0 Å². The average Bonchev–Trinajstić information content (AvgIpc) is 2.55. The van der Waals surface area contributed by atoms with E-state index in [4.69, 9.17) is 9.05 Å². The number of rotatable bonds is 7. The van der Waals surface area contributed by atoms with Gasteiger partial charge >= 0.3 is 7.60 Å². The van der Waals surface area contributed by atoms with E-state index in [1.165, 1.54) is 0 Å². The first-order valence-electron chi connectivity index (χ1n) is 7.33. The molecule has 1 unspecified atom stereocenters. The van der Waals surface area contributed by atoms with E-state index >= 15 is 0 Å². The lowest BCUT2D eigenvalue weighted by molar-refractivity contribution is 0.150. The highest BCUT2D eigenvalue weighted by molar-refractivity contribution is 7.54. The molecule has 2 rings (SSSR count). The normalized spacial score (nSPS) is 13.0.